The van der Waals surface area contributed by atoms with Crippen molar-refractivity contribution in [1.82, 2.24) is 0 Å². The molecule has 1 fully saturated rings. The molecule has 0 bridgehead atoms. The zero-order chi connectivity index (χ0) is 21.0. The lowest BCUT2D eigenvalue weighted by atomic mass is 10.1. The molecule has 2 aromatic rings. The van der Waals surface area contributed by atoms with Gasteiger partial charge in [-0.1, -0.05) is 6.07 Å². The van der Waals surface area contributed by atoms with Crippen molar-refractivity contribution < 1.29 is 28.6 Å². The van der Waals surface area contributed by atoms with Crippen LogP contribution in [-0.2, 0) is 14.3 Å². The Morgan fingerprint density at radius 1 is 1.07 bits per heavy atom. The summed E-state index contributed by atoms with van der Waals surface area (Å²) in [5.41, 5.74) is 1.38. The number of amides is 2. The molecule has 1 aliphatic heterocycles. The summed E-state index contributed by atoms with van der Waals surface area (Å²) in [6.07, 6.45) is 0.0811. The maximum Gasteiger partial charge on any atom is 0.337 e. The number of ether oxygens (including phenoxy) is 3. The van der Waals surface area contributed by atoms with E-state index in [4.69, 9.17) is 9.47 Å². The fourth-order valence-electron chi connectivity index (χ4n) is 3.21. The van der Waals surface area contributed by atoms with Gasteiger partial charge in [-0.3, -0.25) is 9.59 Å². The second-order valence-corrected chi connectivity index (χ2v) is 6.50. The molecule has 1 heterocycles. The average Bonchev–Trinajstić information content (AvgIpc) is 3.14. The van der Waals surface area contributed by atoms with Gasteiger partial charge in [0.05, 0.1) is 38.5 Å². The first kappa shape index (κ1) is 20.2. The number of nitrogens with one attached hydrogen (secondary N) is 1. The van der Waals surface area contributed by atoms with Gasteiger partial charge in [0.25, 0.3) is 0 Å². The number of methoxy groups -OCH3 is 3. The number of esters is 1. The van der Waals surface area contributed by atoms with Crippen molar-refractivity contribution in [1.29, 1.82) is 0 Å². The Morgan fingerprint density at radius 2 is 1.86 bits per heavy atom. The van der Waals surface area contributed by atoms with E-state index in [9.17, 15) is 14.4 Å². The first-order valence-electron chi connectivity index (χ1n) is 8.98. The Labute approximate surface area is 168 Å². The van der Waals surface area contributed by atoms with Crippen molar-refractivity contribution >= 4 is 29.2 Å². The van der Waals surface area contributed by atoms with E-state index in [0.717, 1.165) is 0 Å². The molecule has 0 spiro atoms. The zero-order valence-corrected chi connectivity index (χ0v) is 16.4. The van der Waals surface area contributed by atoms with Crippen LogP contribution in [0.15, 0.2) is 42.5 Å². The predicted molar refractivity (Wildman–Crippen MR) is 106 cm³/mol. The molecular formula is C21H22N2O6. The van der Waals surface area contributed by atoms with Gasteiger partial charge in [0.2, 0.25) is 11.8 Å². The number of hydrogen-bond acceptors (Lipinski definition) is 6. The van der Waals surface area contributed by atoms with E-state index in [1.807, 2.05) is 0 Å². The molecule has 1 aliphatic rings. The minimum absolute atomic E-state index is 0.0811. The third-order valence-corrected chi connectivity index (χ3v) is 4.72. The van der Waals surface area contributed by atoms with Crippen LogP contribution in [0.5, 0.6) is 11.5 Å². The van der Waals surface area contributed by atoms with Crippen LogP contribution >= 0.6 is 0 Å². The van der Waals surface area contributed by atoms with Crippen LogP contribution in [0.3, 0.4) is 0 Å². The number of hydrogen-bond donors (Lipinski definition) is 1. The summed E-state index contributed by atoms with van der Waals surface area (Å²) < 4.78 is 15.2. The number of benzene rings is 2. The fraction of sp³-hybridized carbons (Fsp3) is 0.286. The molecule has 1 unspecified atom stereocenters. The fourth-order valence-corrected chi connectivity index (χ4v) is 3.21. The van der Waals surface area contributed by atoms with Crippen LogP contribution in [0.4, 0.5) is 11.4 Å². The maximum atomic E-state index is 12.7. The van der Waals surface area contributed by atoms with Crippen molar-refractivity contribution in [2.45, 2.75) is 6.42 Å². The quantitative estimate of drug-likeness (QED) is 0.752. The van der Waals surface area contributed by atoms with Gasteiger partial charge in [0.15, 0.2) is 0 Å². The standard InChI is InChI=1S/C21H22N2O6/c1-27-16-7-8-17(18(11-16)28-2)23-12-14(10-19(23)24)20(25)22-15-6-4-5-13(9-15)21(26)29-3/h4-9,11,14H,10,12H2,1-3H3,(H,22,25). The lowest BCUT2D eigenvalue weighted by Crippen LogP contribution is -2.28. The Morgan fingerprint density at radius 3 is 2.55 bits per heavy atom. The van der Waals surface area contributed by atoms with E-state index in [1.165, 1.54) is 25.2 Å². The predicted octanol–water partition coefficient (Wildman–Crippen LogP) is 2.48. The van der Waals surface area contributed by atoms with Crippen molar-refractivity contribution in [2.75, 3.05) is 38.1 Å². The molecule has 1 atom stereocenters. The Hall–Kier alpha value is -3.55. The Kier molecular flexibility index (Phi) is 6.01. The Bertz CT molecular complexity index is 943. The monoisotopic (exact) mass is 398 g/mol. The van der Waals surface area contributed by atoms with Gasteiger partial charge < -0.3 is 24.4 Å². The molecule has 1 saturated heterocycles. The normalized spacial score (nSPS) is 15.8. The molecule has 29 heavy (non-hydrogen) atoms. The van der Waals surface area contributed by atoms with Crippen molar-refractivity contribution in [3.05, 3.63) is 48.0 Å². The van der Waals surface area contributed by atoms with Crippen LogP contribution in [-0.4, -0.2) is 45.7 Å². The Balaban J connectivity index is 1.73. The highest BCUT2D eigenvalue weighted by molar-refractivity contribution is 6.04. The minimum Gasteiger partial charge on any atom is -0.497 e. The van der Waals surface area contributed by atoms with Crippen LogP contribution in [0.1, 0.15) is 16.8 Å². The third kappa shape index (κ3) is 4.31. The number of carbonyl (C=O) groups is 3. The largest absolute Gasteiger partial charge is 0.497 e. The number of nitrogens with zero attached hydrogens (tertiary/aromatic N) is 1. The lowest BCUT2D eigenvalue weighted by molar-refractivity contribution is -0.122. The summed E-state index contributed by atoms with van der Waals surface area (Å²) in [4.78, 5) is 38.4. The second-order valence-electron chi connectivity index (χ2n) is 6.50. The summed E-state index contributed by atoms with van der Waals surface area (Å²) in [7, 11) is 4.35. The number of anilines is 2. The lowest BCUT2D eigenvalue weighted by Gasteiger charge is -2.20. The first-order valence-corrected chi connectivity index (χ1v) is 8.98. The van der Waals surface area contributed by atoms with Gasteiger partial charge in [0, 0.05) is 24.7 Å². The van der Waals surface area contributed by atoms with Gasteiger partial charge in [-0.25, -0.2) is 4.79 Å². The molecule has 0 radical (unpaired) electrons. The van der Waals surface area contributed by atoms with Gasteiger partial charge in [-0.15, -0.1) is 0 Å². The average molecular weight is 398 g/mol. The summed E-state index contributed by atoms with van der Waals surface area (Å²) in [6, 6.07) is 11.6. The molecule has 8 nitrogen and oxygen atoms in total. The van der Waals surface area contributed by atoms with Crippen molar-refractivity contribution in [3.8, 4) is 11.5 Å². The van der Waals surface area contributed by atoms with Crippen LogP contribution in [0, 0.1) is 5.92 Å². The van der Waals surface area contributed by atoms with Crippen LogP contribution < -0.4 is 19.7 Å². The van der Waals surface area contributed by atoms with E-state index < -0.39 is 11.9 Å². The van der Waals surface area contributed by atoms with E-state index in [1.54, 1.807) is 43.5 Å². The maximum absolute atomic E-state index is 12.7. The number of carbonyl (C=O) groups excluding carboxylic acids is 3. The molecule has 0 aliphatic carbocycles. The number of rotatable bonds is 6. The van der Waals surface area contributed by atoms with Crippen LogP contribution in [0.2, 0.25) is 0 Å². The smallest absolute Gasteiger partial charge is 0.337 e. The second kappa shape index (κ2) is 8.64. The highest BCUT2D eigenvalue weighted by Gasteiger charge is 2.36. The van der Waals surface area contributed by atoms with E-state index >= 15 is 0 Å². The molecule has 2 aromatic carbocycles. The van der Waals surface area contributed by atoms with Crippen molar-refractivity contribution in [2.24, 2.45) is 5.92 Å². The molecule has 152 valence electrons. The summed E-state index contributed by atoms with van der Waals surface area (Å²) in [5.74, 6) is -0.389. The molecule has 3 rings (SSSR count). The molecule has 8 heteroatoms. The van der Waals surface area contributed by atoms with Crippen LogP contribution in [0.25, 0.3) is 0 Å². The third-order valence-electron chi connectivity index (χ3n) is 4.72. The molecule has 0 aromatic heterocycles. The summed E-state index contributed by atoms with van der Waals surface area (Å²) in [6.45, 7) is 0.226. The topological polar surface area (TPSA) is 94.2 Å². The minimum atomic E-state index is -0.531. The highest BCUT2D eigenvalue weighted by Crippen LogP contribution is 2.36. The van der Waals surface area contributed by atoms with E-state index in [-0.39, 0.29) is 24.8 Å². The molecule has 2 amide bonds. The van der Waals surface area contributed by atoms with Crippen molar-refractivity contribution in [3.63, 3.8) is 0 Å². The van der Waals surface area contributed by atoms with Gasteiger partial charge >= 0.3 is 5.97 Å². The zero-order valence-electron chi connectivity index (χ0n) is 16.4. The highest BCUT2D eigenvalue weighted by atomic mass is 16.5. The van der Waals surface area contributed by atoms with Gasteiger partial charge in [0.1, 0.15) is 11.5 Å². The van der Waals surface area contributed by atoms with E-state index in [2.05, 4.69) is 10.1 Å². The first-order chi connectivity index (χ1) is 14.0. The van der Waals surface area contributed by atoms with Gasteiger partial charge in [-0.05, 0) is 30.3 Å². The molecular weight excluding hydrogens is 376 g/mol. The molecule has 0 saturated carbocycles. The summed E-state index contributed by atoms with van der Waals surface area (Å²) in [5, 5.41) is 2.77. The summed E-state index contributed by atoms with van der Waals surface area (Å²) >= 11 is 0. The SMILES string of the molecule is COC(=O)c1cccc(NC(=O)C2CC(=O)N(c3ccc(OC)cc3OC)C2)c1. The molecule has 1 N–H and O–H groups in total. The van der Waals surface area contributed by atoms with Gasteiger partial charge in [-0.2, -0.15) is 0 Å². The van der Waals surface area contributed by atoms with E-state index in [0.29, 0.717) is 28.4 Å².